The molecule has 1 saturated carbocycles. The maximum atomic E-state index is 11.6. The first-order chi connectivity index (χ1) is 7.19. The number of esters is 1. The molecule has 0 bridgehead atoms. The standard InChI is InChI=1S/C10H18N2O2S/c1-3-14-9(13)7-5-4-6-8(7)12-10(15)11-2/h7-8H,3-6H2,1-2H3,(H2,11,12,15)/t7-,8+/m1/s1. The fraction of sp³-hybridized carbons (Fsp3) is 0.800. The van der Waals surface area contributed by atoms with Crippen LogP contribution in [0.25, 0.3) is 0 Å². The minimum atomic E-state index is -0.105. The molecule has 1 fully saturated rings. The lowest BCUT2D eigenvalue weighted by atomic mass is 10.0. The van der Waals surface area contributed by atoms with Gasteiger partial charge in [-0.2, -0.15) is 0 Å². The van der Waals surface area contributed by atoms with Gasteiger partial charge >= 0.3 is 5.97 Å². The molecule has 0 heterocycles. The highest BCUT2D eigenvalue weighted by Gasteiger charge is 2.34. The third-order valence-electron chi connectivity index (χ3n) is 2.65. The molecule has 1 rings (SSSR count). The second kappa shape index (κ2) is 5.90. The van der Waals surface area contributed by atoms with Crippen molar-refractivity contribution in [3.63, 3.8) is 0 Å². The highest BCUT2D eigenvalue weighted by atomic mass is 32.1. The fourth-order valence-corrected chi connectivity index (χ4v) is 2.06. The van der Waals surface area contributed by atoms with Crippen LogP contribution in [0.1, 0.15) is 26.2 Å². The van der Waals surface area contributed by atoms with Crippen LogP contribution >= 0.6 is 12.2 Å². The van der Waals surface area contributed by atoms with E-state index in [1.165, 1.54) is 0 Å². The lowest BCUT2D eigenvalue weighted by Crippen LogP contribution is -2.44. The van der Waals surface area contributed by atoms with Crippen molar-refractivity contribution >= 4 is 23.3 Å². The first-order valence-electron chi connectivity index (χ1n) is 5.34. The fourth-order valence-electron chi connectivity index (χ4n) is 1.90. The van der Waals surface area contributed by atoms with E-state index in [1.807, 2.05) is 6.92 Å². The van der Waals surface area contributed by atoms with E-state index < -0.39 is 0 Å². The summed E-state index contributed by atoms with van der Waals surface area (Å²) in [5.74, 6) is -0.150. The van der Waals surface area contributed by atoms with Crippen molar-refractivity contribution in [2.45, 2.75) is 32.2 Å². The van der Waals surface area contributed by atoms with Gasteiger partial charge in [0.1, 0.15) is 0 Å². The van der Waals surface area contributed by atoms with E-state index in [9.17, 15) is 4.79 Å². The van der Waals surface area contributed by atoms with Gasteiger partial charge in [0.15, 0.2) is 5.11 Å². The summed E-state index contributed by atoms with van der Waals surface area (Å²) in [6.07, 6.45) is 2.92. The van der Waals surface area contributed by atoms with Gasteiger partial charge in [-0.25, -0.2) is 0 Å². The van der Waals surface area contributed by atoms with Crippen molar-refractivity contribution in [2.75, 3.05) is 13.7 Å². The number of carbonyl (C=O) groups excluding carboxylic acids is 1. The summed E-state index contributed by atoms with van der Waals surface area (Å²) in [6, 6.07) is 0.129. The third kappa shape index (κ3) is 3.34. The van der Waals surface area contributed by atoms with E-state index in [0.29, 0.717) is 11.7 Å². The first-order valence-corrected chi connectivity index (χ1v) is 5.74. The zero-order valence-electron chi connectivity index (χ0n) is 9.21. The largest absolute Gasteiger partial charge is 0.466 e. The monoisotopic (exact) mass is 230 g/mol. The molecule has 1 aliphatic carbocycles. The summed E-state index contributed by atoms with van der Waals surface area (Å²) in [4.78, 5) is 11.6. The molecule has 0 unspecified atom stereocenters. The van der Waals surface area contributed by atoms with E-state index in [4.69, 9.17) is 17.0 Å². The zero-order valence-corrected chi connectivity index (χ0v) is 10.0. The van der Waals surface area contributed by atoms with Crippen LogP contribution in [-0.2, 0) is 9.53 Å². The van der Waals surface area contributed by atoms with Crippen molar-refractivity contribution in [3.05, 3.63) is 0 Å². The van der Waals surface area contributed by atoms with Crippen LogP contribution in [0.15, 0.2) is 0 Å². The molecule has 4 nitrogen and oxygen atoms in total. The van der Waals surface area contributed by atoms with Crippen molar-refractivity contribution in [3.8, 4) is 0 Å². The van der Waals surface area contributed by atoms with Crippen molar-refractivity contribution < 1.29 is 9.53 Å². The molecule has 0 aromatic carbocycles. The minimum absolute atomic E-state index is 0.0451. The number of nitrogens with one attached hydrogen (secondary N) is 2. The number of ether oxygens (including phenoxy) is 1. The van der Waals surface area contributed by atoms with Gasteiger partial charge in [0.25, 0.3) is 0 Å². The molecule has 0 aliphatic heterocycles. The number of carbonyl (C=O) groups is 1. The van der Waals surface area contributed by atoms with Gasteiger partial charge in [-0.05, 0) is 32.0 Å². The molecule has 2 atom stereocenters. The van der Waals surface area contributed by atoms with E-state index >= 15 is 0 Å². The molecule has 0 spiro atoms. The van der Waals surface area contributed by atoms with Crippen molar-refractivity contribution in [2.24, 2.45) is 5.92 Å². The third-order valence-corrected chi connectivity index (χ3v) is 2.97. The maximum absolute atomic E-state index is 11.6. The Labute approximate surface area is 95.8 Å². The second-order valence-electron chi connectivity index (χ2n) is 3.62. The average molecular weight is 230 g/mol. The molecular weight excluding hydrogens is 212 g/mol. The second-order valence-corrected chi connectivity index (χ2v) is 4.03. The van der Waals surface area contributed by atoms with Gasteiger partial charge in [0, 0.05) is 13.1 Å². The molecule has 2 N–H and O–H groups in total. The van der Waals surface area contributed by atoms with Gasteiger partial charge in [-0.3, -0.25) is 4.79 Å². The Morgan fingerprint density at radius 2 is 2.27 bits per heavy atom. The number of rotatable bonds is 3. The molecule has 0 radical (unpaired) electrons. The number of hydrogen-bond acceptors (Lipinski definition) is 3. The summed E-state index contributed by atoms with van der Waals surface area (Å²) in [5, 5.41) is 6.58. The van der Waals surface area contributed by atoms with Crippen LogP contribution < -0.4 is 10.6 Å². The van der Waals surface area contributed by atoms with E-state index in [-0.39, 0.29) is 17.9 Å². The maximum Gasteiger partial charge on any atom is 0.311 e. The van der Waals surface area contributed by atoms with Crippen molar-refractivity contribution in [1.29, 1.82) is 0 Å². The van der Waals surface area contributed by atoms with E-state index in [2.05, 4.69) is 10.6 Å². The lowest BCUT2D eigenvalue weighted by molar-refractivity contribution is -0.148. The van der Waals surface area contributed by atoms with Crippen LogP contribution in [0.5, 0.6) is 0 Å². The SMILES string of the molecule is CCOC(=O)[C@@H]1CCC[C@@H]1NC(=S)NC. The summed E-state index contributed by atoms with van der Waals surface area (Å²) in [7, 11) is 1.77. The Morgan fingerprint density at radius 3 is 2.87 bits per heavy atom. The Morgan fingerprint density at radius 1 is 1.53 bits per heavy atom. The van der Waals surface area contributed by atoms with E-state index in [1.54, 1.807) is 7.05 Å². The topological polar surface area (TPSA) is 50.4 Å². The van der Waals surface area contributed by atoms with Gasteiger partial charge < -0.3 is 15.4 Å². The Bertz CT molecular complexity index is 246. The van der Waals surface area contributed by atoms with Crippen LogP contribution in [0.2, 0.25) is 0 Å². The molecule has 0 saturated heterocycles. The quantitative estimate of drug-likeness (QED) is 0.555. The molecule has 0 amide bonds. The Hall–Kier alpha value is -0.840. The predicted molar refractivity (Wildman–Crippen MR) is 62.6 cm³/mol. The number of hydrogen-bond donors (Lipinski definition) is 2. The smallest absolute Gasteiger partial charge is 0.311 e. The van der Waals surface area contributed by atoms with Crippen LogP contribution in [0.4, 0.5) is 0 Å². The normalized spacial score (nSPS) is 24.7. The first kappa shape index (κ1) is 12.2. The summed E-state index contributed by atoms with van der Waals surface area (Å²) in [6.45, 7) is 2.27. The zero-order chi connectivity index (χ0) is 11.3. The predicted octanol–water partition coefficient (Wildman–Crippen LogP) is 0.812. The molecule has 0 aromatic rings. The Kier molecular flexibility index (Phi) is 4.81. The van der Waals surface area contributed by atoms with Gasteiger partial charge in [-0.1, -0.05) is 6.42 Å². The van der Waals surface area contributed by atoms with Crippen LogP contribution in [0.3, 0.4) is 0 Å². The molecule has 1 aliphatic rings. The van der Waals surface area contributed by atoms with Gasteiger partial charge in [0.2, 0.25) is 0 Å². The molecular formula is C10H18N2O2S. The van der Waals surface area contributed by atoms with Gasteiger partial charge in [0.05, 0.1) is 12.5 Å². The lowest BCUT2D eigenvalue weighted by Gasteiger charge is -2.20. The Balaban J connectivity index is 2.49. The highest BCUT2D eigenvalue weighted by Crippen LogP contribution is 2.26. The molecule has 15 heavy (non-hydrogen) atoms. The molecule has 0 aromatic heterocycles. The molecule has 5 heteroatoms. The highest BCUT2D eigenvalue weighted by molar-refractivity contribution is 7.80. The molecule has 86 valence electrons. The van der Waals surface area contributed by atoms with Gasteiger partial charge in [-0.15, -0.1) is 0 Å². The number of thiocarbonyl (C=S) groups is 1. The van der Waals surface area contributed by atoms with E-state index in [0.717, 1.165) is 19.3 Å². The average Bonchev–Trinajstić information content (AvgIpc) is 2.66. The summed E-state index contributed by atoms with van der Waals surface area (Å²) < 4.78 is 5.03. The minimum Gasteiger partial charge on any atom is -0.466 e. The summed E-state index contributed by atoms with van der Waals surface area (Å²) >= 11 is 5.02. The summed E-state index contributed by atoms with van der Waals surface area (Å²) in [5.41, 5.74) is 0. The van der Waals surface area contributed by atoms with Crippen LogP contribution in [0, 0.1) is 5.92 Å². The van der Waals surface area contributed by atoms with Crippen molar-refractivity contribution in [1.82, 2.24) is 10.6 Å². The van der Waals surface area contributed by atoms with Crippen LogP contribution in [-0.4, -0.2) is 30.8 Å².